The van der Waals surface area contributed by atoms with Gasteiger partial charge in [-0.3, -0.25) is 18.5 Å². The van der Waals surface area contributed by atoms with Crippen LogP contribution in [0.5, 0.6) is 11.8 Å². The topological polar surface area (TPSA) is 117 Å². The van der Waals surface area contributed by atoms with Crippen molar-refractivity contribution in [3.8, 4) is 11.8 Å². The normalized spacial score (nSPS) is 11.2. The first-order valence-corrected chi connectivity index (χ1v) is 10.4. The number of benzene rings is 2. The van der Waals surface area contributed by atoms with Crippen molar-refractivity contribution in [3.63, 3.8) is 0 Å². The Hall–Kier alpha value is -3.56. The molecule has 9 nitrogen and oxygen atoms in total. The van der Waals surface area contributed by atoms with Crippen molar-refractivity contribution in [1.82, 2.24) is 18.7 Å². The number of aliphatic hydroxyl groups is 1. The number of anilines is 1. The molecule has 2 aromatic carbocycles. The van der Waals surface area contributed by atoms with Crippen LogP contribution in [-0.4, -0.2) is 30.4 Å². The molecular weight excluding hydrogens is 434 g/mol. The molecule has 0 fully saturated rings. The van der Waals surface area contributed by atoms with Crippen molar-refractivity contribution in [1.29, 1.82) is 0 Å². The van der Waals surface area contributed by atoms with Crippen molar-refractivity contribution >= 4 is 28.5 Å². The maximum absolute atomic E-state index is 13.3. The van der Waals surface area contributed by atoms with Crippen molar-refractivity contribution in [3.05, 3.63) is 80.0 Å². The van der Waals surface area contributed by atoms with Crippen LogP contribution in [0.4, 0.5) is 5.69 Å². The van der Waals surface area contributed by atoms with Crippen LogP contribution in [0.3, 0.4) is 0 Å². The second-order valence-corrected chi connectivity index (χ2v) is 7.73. The molecule has 2 heterocycles. The number of aliphatic hydroxyl groups excluding tert-OH is 1. The van der Waals surface area contributed by atoms with E-state index >= 15 is 0 Å². The number of aryl methyl sites for hydroxylation is 1. The van der Waals surface area contributed by atoms with Gasteiger partial charge in [-0.05, 0) is 36.2 Å². The fraction of sp³-hybridized carbons (Fsp3) is 0.227. The molecule has 4 rings (SSSR count). The zero-order valence-corrected chi connectivity index (χ0v) is 18.1. The van der Waals surface area contributed by atoms with Crippen LogP contribution < -0.4 is 21.7 Å². The quantitative estimate of drug-likeness (QED) is 0.413. The van der Waals surface area contributed by atoms with Gasteiger partial charge in [-0.25, -0.2) is 4.79 Å². The average Bonchev–Trinajstić information content (AvgIpc) is 3.13. The number of rotatable bonds is 7. The fourth-order valence-electron chi connectivity index (χ4n) is 3.45. The molecule has 0 spiro atoms. The van der Waals surface area contributed by atoms with E-state index in [4.69, 9.17) is 22.1 Å². The number of nitrogen functional groups attached to an aromatic ring is 1. The highest BCUT2D eigenvalue weighted by Gasteiger charge is 2.22. The third-order valence-electron chi connectivity index (χ3n) is 5.11. The van der Waals surface area contributed by atoms with E-state index < -0.39 is 11.2 Å². The standard InChI is InChI=1S/C22H22ClN5O4/c1-26-19-18(20(30)27(22(26)31)11-4-12-29)28(13-14-7-9-15(23)10-8-14)21(25-19)32-17-6-3-2-5-16(17)24/h2-3,5-10,29H,4,11-13,24H2,1H3. The number of nitrogens with two attached hydrogens (primary N) is 1. The Bertz CT molecular complexity index is 1390. The van der Waals surface area contributed by atoms with Crippen LogP contribution in [-0.2, 0) is 20.1 Å². The van der Waals surface area contributed by atoms with E-state index in [1.807, 2.05) is 12.1 Å². The van der Waals surface area contributed by atoms with E-state index in [1.165, 1.54) is 4.57 Å². The Kier molecular flexibility index (Phi) is 6.02. The van der Waals surface area contributed by atoms with E-state index in [2.05, 4.69) is 4.98 Å². The van der Waals surface area contributed by atoms with E-state index in [9.17, 15) is 14.7 Å². The molecule has 10 heteroatoms. The van der Waals surface area contributed by atoms with Gasteiger partial charge in [0.1, 0.15) is 0 Å². The highest BCUT2D eigenvalue weighted by atomic mass is 35.5. The first-order valence-electron chi connectivity index (χ1n) is 9.98. The first kappa shape index (κ1) is 21.7. The summed E-state index contributed by atoms with van der Waals surface area (Å²) >= 11 is 6.01. The SMILES string of the molecule is Cn1c(=O)n(CCCO)c(=O)c2c1nc(Oc1ccccc1N)n2Cc1ccc(Cl)cc1. The van der Waals surface area contributed by atoms with E-state index in [0.29, 0.717) is 16.5 Å². The number of hydrogen-bond donors (Lipinski definition) is 2. The van der Waals surface area contributed by atoms with Crippen LogP contribution in [0.15, 0.2) is 58.1 Å². The number of fused-ring (bicyclic) bond motifs is 1. The lowest BCUT2D eigenvalue weighted by molar-refractivity contribution is 0.277. The molecule has 0 saturated carbocycles. The molecule has 32 heavy (non-hydrogen) atoms. The summed E-state index contributed by atoms with van der Waals surface area (Å²) in [6.45, 7) is 0.203. The Morgan fingerprint density at radius 3 is 2.50 bits per heavy atom. The predicted molar refractivity (Wildman–Crippen MR) is 122 cm³/mol. The molecule has 0 radical (unpaired) electrons. The summed E-state index contributed by atoms with van der Waals surface area (Å²) in [7, 11) is 1.54. The zero-order valence-electron chi connectivity index (χ0n) is 17.4. The van der Waals surface area contributed by atoms with Crippen LogP contribution in [0.2, 0.25) is 5.02 Å². The van der Waals surface area contributed by atoms with Gasteiger partial charge >= 0.3 is 11.7 Å². The highest BCUT2D eigenvalue weighted by Crippen LogP contribution is 2.29. The summed E-state index contributed by atoms with van der Waals surface area (Å²) in [5.41, 5.74) is 6.67. The van der Waals surface area contributed by atoms with Crippen molar-refractivity contribution in [2.75, 3.05) is 12.3 Å². The van der Waals surface area contributed by atoms with Crippen molar-refractivity contribution in [2.45, 2.75) is 19.5 Å². The van der Waals surface area contributed by atoms with E-state index in [-0.39, 0.29) is 43.3 Å². The summed E-state index contributed by atoms with van der Waals surface area (Å²) in [5, 5.41) is 9.76. The van der Waals surface area contributed by atoms with Gasteiger partial charge in [-0.15, -0.1) is 0 Å². The van der Waals surface area contributed by atoms with Gasteiger partial charge in [-0.2, -0.15) is 4.98 Å². The summed E-state index contributed by atoms with van der Waals surface area (Å²) < 4.78 is 10.00. The Morgan fingerprint density at radius 1 is 1.09 bits per heavy atom. The van der Waals surface area contributed by atoms with Gasteiger partial charge in [0, 0.05) is 25.2 Å². The third-order valence-corrected chi connectivity index (χ3v) is 5.36. The molecule has 4 aromatic rings. The Labute approximate surface area is 187 Å². The number of para-hydroxylation sites is 2. The molecule has 0 unspecified atom stereocenters. The molecule has 0 aliphatic heterocycles. The van der Waals surface area contributed by atoms with E-state index in [0.717, 1.165) is 10.1 Å². The molecule has 0 atom stereocenters. The van der Waals surface area contributed by atoms with Crippen LogP contribution in [0.1, 0.15) is 12.0 Å². The van der Waals surface area contributed by atoms with Crippen LogP contribution in [0, 0.1) is 0 Å². The van der Waals surface area contributed by atoms with Gasteiger partial charge < -0.3 is 15.6 Å². The lowest BCUT2D eigenvalue weighted by Crippen LogP contribution is -2.39. The maximum atomic E-state index is 13.3. The number of aromatic nitrogens is 4. The highest BCUT2D eigenvalue weighted by molar-refractivity contribution is 6.30. The minimum absolute atomic E-state index is 0.0892. The maximum Gasteiger partial charge on any atom is 0.332 e. The summed E-state index contributed by atoms with van der Waals surface area (Å²) in [4.78, 5) is 30.5. The molecule has 0 aliphatic carbocycles. The van der Waals surface area contributed by atoms with Gasteiger partial charge in [-0.1, -0.05) is 35.9 Å². The predicted octanol–water partition coefficient (Wildman–Crippen LogP) is 2.36. The molecule has 3 N–H and O–H groups in total. The Morgan fingerprint density at radius 2 is 1.81 bits per heavy atom. The number of nitrogens with zero attached hydrogens (tertiary/aromatic N) is 4. The number of ether oxygens (including phenoxy) is 1. The second kappa shape index (κ2) is 8.89. The molecule has 0 aliphatic rings. The van der Waals surface area contributed by atoms with Gasteiger partial charge in [0.05, 0.1) is 12.2 Å². The van der Waals surface area contributed by atoms with Crippen molar-refractivity contribution in [2.24, 2.45) is 7.05 Å². The number of halogens is 1. The monoisotopic (exact) mass is 455 g/mol. The largest absolute Gasteiger partial charge is 0.423 e. The molecular formula is C22H22ClN5O4. The third kappa shape index (κ3) is 4.00. The molecule has 166 valence electrons. The van der Waals surface area contributed by atoms with E-state index in [1.54, 1.807) is 48.0 Å². The molecule has 0 bridgehead atoms. The number of hydrogen-bond acceptors (Lipinski definition) is 6. The second-order valence-electron chi connectivity index (χ2n) is 7.29. The molecule has 2 aromatic heterocycles. The lowest BCUT2D eigenvalue weighted by Gasteiger charge is -2.12. The molecule has 0 amide bonds. The van der Waals surface area contributed by atoms with Crippen LogP contribution >= 0.6 is 11.6 Å². The molecule has 0 saturated heterocycles. The number of imidazole rings is 1. The van der Waals surface area contributed by atoms with Crippen molar-refractivity contribution < 1.29 is 9.84 Å². The summed E-state index contributed by atoms with van der Waals surface area (Å²) in [6.07, 6.45) is 0.274. The zero-order chi connectivity index (χ0) is 22.8. The minimum atomic E-state index is -0.516. The van der Waals surface area contributed by atoms with Gasteiger partial charge in [0.2, 0.25) is 0 Å². The average molecular weight is 456 g/mol. The summed E-state index contributed by atoms with van der Waals surface area (Å²) in [6, 6.07) is 14.2. The minimum Gasteiger partial charge on any atom is -0.423 e. The Balaban J connectivity index is 1.95. The van der Waals surface area contributed by atoms with Gasteiger partial charge in [0.15, 0.2) is 16.9 Å². The van der Waals surface area contributed by atoms with Crippen LogP contribution in [0.25, 0.3) is 11.2 Å². The summed E-state index contributed by atoms with van der Waals surface area (Å²) in [5.74, 6) is 0.380. The fourth-order valence-corrected chi connectivity index (χ4v) is 3.57. The van der Waals surface area contributed by atoms with Gasteiger partial charge in [0.25, 0.3) is 5.56 Å². The smallest absolute Gasteiger partial charge is 0.332 e. The lowest BCUT2D eigenvalue weighted by atomic mass is 10.2. The first-order chi connectivity index (χ1) is 15.4.